The highest BCUT2D eigenvalue weighted by atomic mass is 35.5. The van der Waals surface area contributed by atoms with Gasteiger partial charge in [-0.05, 0) is 63.7 Å². The standard InChI is InChI=1S/C25H33ClFN3O4S/c1-17-14-30(18(2)13-29(17)15-19-6-9-21(27)10-7-19)24(31)16-34-23-11-8-20(26)12-22(23)25(3,28-4)35(5,32)33/h6-12,17-18,28H,13-16H2,1-5H3. The summed E-state index contributed by atoms with van der Waals surface area (Å²) in [7, 11) is -2.04. The Morgan fingerprint density at radius 1 is 1.17 bits per heavy atom. The van der Waals surface area contributed by atoms with Crippen molar-refractivity contribution in [3.8, 4) is 5.75 Å². The maximum absolute atomic E-state index is 13.2. The molecule has 0 aliphatic carbocycles. The maximum Gasteiger partial charge on any atom is 0.260 e. The number of rotatable bonds is 8. The molecule has 2 aromatic carbocycles. The number of carbonyl (C=O) groups is 1. The highest BCUT2D eigenvalue weighted by Gasteiger charge is 2.39. The molecule has 192 valence electrons. The molecule has 3 unspecified atom stereocenters. The minimum absolute atomic E-state index is 0.0500. The van der Waals surface area contributed by atoms with Crippen LogP contribution in [0.2, 0.25) is 5.02 Å². The van der Waals surface area contributed by atoms with Gasteiger partial charge >= 0.3 is 0 Å². The van der Waals surface area contributed by atoms with Crippen molar-refractivity contribution >= 4 is 27.3 Å². The summed E-state index contributed by atoms with van der Waals surface area (Å²) in [6.07, 6.45) is 1.13. The molecule has 0 aromatic heterocycles. The van der Waals surface area contributed by atoms with Gasteiger partial charge in [-0.15, -0.1) is 0 Å². The Bertz CT molecular complexity index is 1160. The van der Waals surface area contributed by atoms with Crippen LogP contribution in [0, 0.1) is 5.82 Å². The van der Waals surface area contributed by atoms with E-state index in [0.29, 0.717) is 30.2 Å². The molecule has 1 aliphatic heterocycles. The van der Waals surface area contributed by atoms with E-state index in [1.807, 2.05) is 6.92 Å². The molecule has 35 heavy (non-hydrogen) atoms. The predicted octanol–water partition coefficient (Wildman–Crippen LogP) is 3.42. The molecule has 3 rings (SSSR count). The number of amides is 1. The number of nitrogens with zero attached hydrogens (tertiary/aromatic N) is 2. The molecule has 10 heteroatoms. The van der Waals surface area contributed by atoms with Gasteiger partial charge < -0.3 is 9.64 Å². The van der Waals surface area contributed by atoms with Crippen LogP contribution in [0.25, 0.3) is 0 Å². The highest BCUT2D eigenvalue weighted by molar-refractivity contribution is 7.91. The zero-order valence-electron chi connectivity index (χ0n) is 20.7. The summed E-state index contributed by atoms with van der Waals surface area (Å²) in [5.41, 5.74) is 1.36. The van der Waals surface area contributed by atoms with Crippen molar-refractivity contribution in [1.82, 2.24) is 15.1 Å². The van der Waals surface area contributed by atoms with Crippen molar-refractivity contribution in [1.29, 1.82) is 0 Å². The molecule has 0 saturated carbocycles. The number of carbonyl (C=O) groups excluding carboxylic acids is 1. The minimum atomic E-state index is -3.59. The second-order valence-electron chi connectivity index (χ2n) is 9.28. The van der Waals surface area contributed by atoms with E-state index >= 15 is 0 Å². The highest BCUT2D eigenvalue weighted by Crippen LogP contribution is 2.36. The van der Waals surface area contributed by atoms with Gasteiger partial charge in [0.25, 0.3) is 5.91 Å². The molecule has 0 radical (unpaired) electrons. The third kappa shape index (κ3) is 6.14. The molecule has 0 spiro atoms. The summed E-state index contributed by atoms with van der Waals surface area (Å²) in [5.74, 6) is -0.168. The smallest absolute Gasteiger partial charge is 0.260 e. The average molecular weight is 526 g/mol. The molecule has 7 nitrogen and oxygen atoms in total. The van der Waals surface area contributed by atoms with E-state index in [9.17, 15) is 17.6 Å². The largest absolute Gasteiger partial charge is 0.483 e. The molecular formula is C25H33ClFN3O4S. The molecule has 2 aromatic rings. The van der Waals surface area contributed by atoms with E-state index in [0.717, 1.165) is 11.8 Å². The summed E-state index contributed by atoms with van der Waals surface area (Å²) >= 11 is 6.15. The van der Waals surface area contributed by atoms with Gasteiger partial charge in [-0.25, -0.2) is 12.8 Å². The first kappa shape index (κ1) is 27.4. The van der Waals surface area contributed by atoms with Gasteiger partial charge in [0.05, 0.1) is 0 Å². The summed E-state index contributed by atoms with van der Waals surface area (Å²) < 4.78 is 44.1. The van der Waals surface area contributed by atoms with Gasteiger partial charge in [-0.2, -0.15) is 0 Å². The van der Waals surface area contributed by atoms with Crippen LogP contribution in [0.15, 0.2) is 42.5 Å². The molecule has 0 bridgehead atoms. The minimum Gasteiger partial charge on any atom is -0.483 e. The summed E-state index contributed by atoms with van der Waals surface area (Å²) in [5, 5.41) is 3.21. The fourth-order valence-corrected chi connectivity index (χ4v) is 5.44. The number of nitrogens with one attached hydrogen (secondary N) is 1. The quantitative estimate of drug-likeness (QED) is 0.569. The van der Waals surface area contributed by atoms with Crippen LogP contribution in [0.1, 0.15) is 31.9 Å². The summed E-state index contributed by atoms with van der Waals surface area (Å²) in [4.78, 5) is 15.7. The Morgan fingerprint density at radius 2 is 1.83 bits per heavy atom. The second kappa shape index (κ2) is 10.8. The number of hydrogen-bond acceptors (Lipinski definition) is 6. The molecule has 1 N–H and O–H groups in total. The van der Waals surface area contributed by atoms with Crippen LogP contribution < -0.4 is 10.1 Å². The first-order valence-corrected chi connectivity index (χ1v) is 13.7. The van der Waals surface area contributed by atoms with E-state index in [2.05, 4.69) is 17.1 Å². The lowest BCUT2D eigenvalue weighted by Gasteiger charge is -2.44. The lowest BCUT2D eigenvalue weighted by atomic mass is 10.1. The van der Waals surface area contributed by atoms with Crippen LogP contribution in [-0.4, -0.2) is 69.2 Å². The summed E-state index contributed by atoms with van der Waals surface area (Å²) in [6.45, 7) is 7.21. The zero-order valence-corrected chi connectivity index (χ0v) is 22.3. The Hall–Kier alpha value is -2.20. The third-order valence-electron chi connectivity index (χ3n) is 6.76. The number of halogens is 2. The van der Waals surface area contributed by atoms with Crippen LogP contribution in [0.4, 0.5) is 4.39 Å². The van der Waals surface area contributed by atoms with E-state index in [1.54, 1.807) is 36.2 Å². The number of sulfone groups is 1. The fraction of sp³-hybridized carbons (Fsp3) is 0.480. The van der Waals surface area contributed by atoms with Gasteiger partial charge in [0.2, 0.25) is 0 Å². The van der Waals surface area contributed by atoms with Crippen molar-refractivity contribution in [2.75, 3.05) is 33.0 Å². The van der Waals surface area contributed by atoms with Gasteiger partial charge in [0.15, 0.2) is 16.4 Å². The van der Waals surface area contributed by atoms with Crippen molar-refractivity contribution in [3.05, 3.63) is 64.4 Å². The zero-order chi connectivity index (χ0) is 26.0. The molecule has 1 heterocycles. The van der Waals surface area contributed by atoms with Crippen molar-refractivity contribution in [2.45, 2.75) is 44.3 Å². The van der Waals surface area contributed by atoms with E-state index in [4.69, 9.17) is 16.3 Å². The topological polar surface area (TPSA) is 79.0 Å². The predicted molar refractivity (Wildman–Crippen MR) is 136 cm³/mol. The number of ether oxygens (including phenoxy) is 1. The Morgan fingerprint density at radius 3 is 2.43 bits per heavy atom. The van der Waals surface area contributed by atoms with E-state index in [1.165, 1.54) is 25.1 Å². The Balaban J connectivity index is 1.70. The molecule has 1 saturated heterocycles. The summed E-state index contributed by atoms with van der Waals surface area (Å²) in [6, 6.07) is 11.2. The molecule has 1 fully saturated rings. The maximum atomic E-state index is 13.2. The number of benzene rings is 2. The number of hydrogen-bond donors (Lipinski definition) is 1. The SMILES string of the molecule is CNC(C)(c1cc(Cl)ccc1OCC(=O)N1CC(C)N(Cc2ccc(F)cc2)CC1C)S(C)(=O)=O. The molecule has 3 atom stereocenters. The molecular weight excluding hydrogens is 493 g/mol. The third-order valence-corrected chi connectivity index (χ3v) is 8.90. The fourth-order valence-electron chi connectivity index (χ4n) is 4.33. The molecule has 1 aliphatic rings. The van der Waals surface area contributed by atoms with Crippen LogP contribution >= 0.6 is 11.6 Å². The Labute approximate surface area is 212 Å². The lowest BCUT2D eigenvalue weighted by molar-refractivity contribution is -0.139. The first-order valence-electron chi connectivity index (χ1n) is 11.4. The monoisotopic (exact) mass is 525 g/mol. The Kier molecular flexibility index (Phi) is 8.47. The van der Waals surface area contributed by atoms with Crippen LogP contribution in [0.3, 0.4) is 0 Å². The average Bonchev–Trinajstić information content (AvgIpc) is 2.80. The van der Waals surface area contributed by atoms with Gasteiger partial charge in [0, 0.05) is 48.6 Å². The van der Waals surface area contributed by atoms with Crippen molar-refractivity contribution in [3.63, 3.8) is 0 Å². The van der Waals surface area contributed by atoms with Crippen LogP contribution in [-0.2, 0) is 26.0 Å². The van der Waals surface area contributed by atoms with Gasteiger partial charge in [-0.3, -0.25) is 15.0 Å². The first-order chi connectivity index (χ1) is 16.4. The normalized spacial score (nSPS) is 20.9. The van der Waals surface area contributed by atoms with Gasteiger partial charge in [0.1, 0.15) is 16.4 Å². The van der Waals surface area contributed by atoms with Crippen molar-refractivity contribution < 1.29 is 22.3 Å². The van der Waals surface area contributed by atoms with E-state index < -0.39 is 14.7 Å². The second-order valence-corrected chi connectivity index (χ2v) is 12.1. The van der Waals surface area contributed by atoms with Crippen LogP contribution in [0.5, 0.6) is 5.75 Å². The van der Waals surface area contributed by atoms with E-state index in [-0.39, 0.29) is 36.2 Å². The molecule has 1 amide bonds. The lowest BCUT2D eigenvalue weighted by Crippen LogP contribution is -2.58. The number of piperazine rings is 1. The van der Waals surface area contributed by atoms with Crippen molar-refractivity contribution in [2.24, 2.45) is 0 Å². The van der Waals surface area contributed by atoms with Gasteiger partial charge in [-0.1, -0.05) is 23.7 Å².